The summed E-state index contributed by atoms with van der Waals surface area (Å²) in [5.41, 5.74) is 0.229. The van der Waals surface area contributed by atoms with E-state index in [9.17, 15) is 9.59 Å². The van der Waals surface area contributed by atoms with Crippen LogP contribution in [0.4, 0.5) is 0 Å². The molecule has 0 aromatic heterocycles. The van der Waals surface area contributed by atoms with Crippen LogP contribution in [-0.4, -0.2) is 52.5 Å². The maximum atomic E-state index is 12.1. The van der Waals surface area contributed by atoms with Gasteiger partial charge in [0.15, 0.2) is 6.61 Å². The first-order valence-electron chi connectivity index (χ1n) is 9.08. The lowest BCUT2D eigenvalue weighted by Crippen LogP contribution is -2.32. The van der Waals surface area contributed by atoms with Gasteiger partial charge in [0.05, 0.1) is 32.9 Å². The van der Waals surface area contributed by atoms with Crippen molar-refractivity contribution in [3.05, 3.63) is 48.0 Å². The van der Waals surface area contributed by atoms with Gasteiger partial charge in [0, 0.05) is 6.07 Å². The molecule has 156 valence electrons. The Labute approximate surface area is 169 Å². The molecule has 2 rings (SSSR count). The minimum absolute atomic E-state index is 0.229. The maximum absolute atomic E-state index is 12.1. The van der Waals surface area contributed by atoms with Crippen LogP contribution in [0.25, 0.3) is 0 Å². The summed E-state index contributed by atoms with van der Waals surface area (Å²) in [6, 6.07) is 11.8. The number of carbonyl (C=O) groups is 2. The summed E-state index contributed by atoms with van der Waals surface area (Å²) in [6.07, 6.45) is 0. The van der Waals surface area contributed by atoms with Gasteiger partial charge < -0.3 is 29.0 Å². The van der Waals surface area contributed by atoms with Gasteiger partial charge in [-0.25, -0.2) is 4.79 Å². The van der Waals surface area contributed by atoms with Crippen LogP contribution in [0, 0.1) is 0 Å². The molecule has 0 aliphatic rings. The van der Waals surface area contributed by atoms with E-state index < -0.39 is 18.5 Å². The number of methoxy groups -OCH3 is 2. The van der Waals surface area contributed by atoms with Gasteiger partial charge in [0.2, 0.25) is 0 Å². The minimum Gasteiger partial charge on any atom is -0.497 e. The smallest absolute Gasteiger partial charge is 0.338 e. The molecule has 8 nitrogen and oxygen atoms in total. The van der Waals surface area contributed by atoms with E-state index in [2.05, 4.69) is 5.32 Å². The molecular formula is C21H25NO7. The molecule has 0 bridgehead atoms. The third-order valence-electron chi connectivity index (χ3n) is 3.75. The zero-order valence-corrected chi connectivity index (χ0v) is 16.7. The Kier molecular flexibility index (Phi) is 8.62. The summed E-state index contributed by atoms with van der Waals surface area (Å²) < 4.78 is 26.1. The summed E-state index contributed by atoms with van der Waals surface area (Å²) in [6.45, 7) is 2.67. The summed E-state index contributed by atoms with van der Waals surface area (Å²) in [5.74, 6) is 1.26. The lowest BCUT2D eigenvalue weighted by Gasteiger charge is -2.10. The molecule has 0 heterocycles. The molecule has 8 heteroatoms. The van der Waals surface area contributed by atoms with Crippen molar-refractivity contribution >= 4 is 11.9 Å². The van der Waals surface area contributed by atoms with Gasteiger partial charge in [-0.3, -0.25) is 4.79 Å². The van der Waals surface area contributed by atoms with Crippen molar-refractivity contribution in [2.75, 3.05) is 40.6 Å². The molecule has 0 saturated carbocycles. The SMILES string of the molecule is CCOc1ccc(OCCNC(=O)COC(=O)c2cc(OC)cc(OC)c2)cc1. The predicted octanol–water partition coefficient (Wildman–Crippen LogP) is 2.45. The molecule has 0 fully saturated rings. The third-order valence-corrected chi connectivity index (χ3v) is 3.75. The minimum atomic E-state index is -0.650. The van der Waals surface area contributed by atoms with Gasteiger partial charge in [-0.2, -0.15) is 0 Å². The van der Waals surface area contributed by atoms with Gasteiger partial charge in [0.25, 0.3) is 5.91 Å². The Bertz CT molecular complexity index is 783. The Morgan fingerprint density at radius 2 is 1.45 bits per heavy atom. The first-order valence-corrected chi connectivity index (χ1v) is 9.08. The van der Waals surface area contributed by atoms with Crippen molar-refractivity contribution in [2.45, 2.75) is 6.92 Å². The molecule has 1 N–H and O–H groups in total. The number of rotatable bonds is 11. The zero-order chi connectivity index (χ0) is 21.1. The Hall–Kier alpha value is -3.42. The van der Waals surface area contributed by atoms with Crippen molar-refractivity contribution in [3.63, 3.8) is 0 Å². The first kappa shape index (κ1) is 21.9. The highest BCUT2D eigenvalue weighted by atomic mass is 16.5. The molecule has 1 amide bonds. The lowest BCUT2D eigenvalue weighted by atomic mass is 10.2. The fraction of sp³-hybridized carbons (Fsp3) is 0.333. The average molecular weight is 403 g/mol. The highest BCUT2D eigenvalue weighted by Gasteiger charge is 2.13. The van der Waals surface area contributed by atoms with E-state index in [0.29, 0.717) is 23.9 Å². The fourth-order valence-electron chi connectivity index (χ4n) is 2.35. The average Bonchev–Trinajstić information content (AvgIpc) is 2.75. The maximum Gasteiger partial charge on any atom is 0.338 e. The van der Waals surface area contributed by atoms with Crippen molar-refractivity contribution in [2.24, 2.45) is 0 Å². The summed E-state index contributed by atoms with van der Waals surface area (Å²) in [4.78, 5) is 24.0. The Balaban J connectivity index is 1.71. The van der Waals surface area contributed by atoms with Crippen LogP contribution in [0.1, 0.15) is 17.3 Å². The van der Waals surface area contributed by atoms with E-state index in [-0.39, 0.29) is 18.7 Å². The Morgan fingerprint density at radius 3 is 2.00 bits per heavy atom. The molecule has 2 aromatic carbocycles. The van der Waals surface area contributed by atoms with Crippen LogP contribution >= 0.6 is 0 Å². The third kappa shape index (κ3) is 7.25. The summed E-state index contributed by atoms with van der Waals surface area (Å²) >= 11 is 0. The van der Waals surface area contributed by atoms with Crippen LogP contribution in [0.15, 0.2) is 42.5 Å². The van der Waals surface area contributed by atoms with Crippen molar-refractivity contribution < 1.29 is 33.3 Å². The number of hydrogen-bond acceptors (Lipinski definition) is 7. The number of hydrogen-bond donors (Lipinski definition) is 1. The molecule has 2 aromatic rings. The van der Waals surface area contributed by atoms with Gasteiger partial charge in [-0.1, -0.05) is 0 Å². The van der Waals surface area contributed by atoms with Gasteiger partial charge in [0.1, 0.15) is 29.6 Å². The number of nitrogens with one attached hydrogen (secondary N) is 1. The van der Waals surface area contributed by atoms with E-state index in [1.165, 1.54) is 26.4 Å². The molecule has 29 heavy (non-hydrogen) atoms. The quantitative estimate of drug-likeness (QED) is 0.455. The number of benzene rings is 2. The van der Waals surface area contributed by atoms with E-state index in [1.54, 1.807) is 18.2 Å². The van der Waals surface area contributed by atoms with Crippen LogP contribution in [0.2, 0.25) is 0 Å². The van der Waals surface area contributed by atoms with Crippen molar-refractivity contribution in [3.8, 4) is 23.0 Å². The lowest BCUT2D eigenvalue weighted by molar-refractivity contribution is -0.124. The van der Waals surface area contributed by atoms with Gasteiger partial charge in [-0.15, -0.1) is 0 Å². The largest absolute Gasteiger partial charge is 0.497 e. The topological polar surface area (TPSA) is 92.3 Å². The zero-order valence-electron chi connectivity index (χ0n) is 16.7. The van der Waals surface area contributed by atoms with Gasteiger partial charge in [-0.05, 0) is 43.3 Å². The van der Waals surface area contributed by atoms with Crippen LogP contribution in [0.3, 0.4) is 0 Å². The van der Waals surface area contributed by atoms with Crippen molar-refractivity contribution in [1.29, 1.82) is 0 Å². The second-order valence-electron chi connectivity index (χ2n) is 5.78. The van der Waals surface area contributed by atoms with E-state index >= 15 is 0 Å². The second-order valence-corrected chi connectivity index (χ2v) is 5.78. The van der Waals surface area contributed by atoms with Gasteiger partial charge >= 0.3 is 5.97 Å². The number of ether oxygens (including phenoxy) is 5. The molecular weight excluding hydrogens is 378 g/mol. The van der Waals surface area contributed by atoms with Crippen LogP contribution in [-0.2, 0) is 9.53 Å². The summed E-state index contributed by atoms with van der Waals surface area (Å²) in [5, 5.41) is 2.62. The van der Waals surface area contributed by atoms with Crippen LogP contribution in [0.5, 0.6) is 23.0 Å². The highest BCUT2D eigenvalue weighted by molar-refractivity contribution is 5.92. The summed E-state index contributed by atoms with van der Waals surface area (Å²) in [7, 11) is 2.96. The van der Waals surface area contributed by atoms with E-state index in [4.69, 9.17) is 23.7 Å². The molecule has 0 spiro atoms. The second kappa shape index (κ2) is 11.4. The van der Waals surface area contributed by atoms with Crippen molar-refractivity contribution in [1.82, 2.24) is 5.32 Å². The normalized spacial score (nSPS) is 10.0. The molecule has 0 aliphatic carbocycles. The standard InChI is InChI=1S/C21H25NO7/c1-4-27-16-5-7-17(8-6-16)28-10-9-22-20(23)14-29-21(24)15-11-18(25-2)13-19(12-15)26-3/h5-8,11-13H,4,9-10,14H2,1-3H3,(H,22,23). The molecule has 0 unspecified atom stereocenters. The predicted molar refractivity (Wildman–Crippen MR) is 106 cm³/mol. The number of amides is 1. The Morgan fingerprint density at radius 1 is 0.862 bits per heavy atom. The van der Waals surface area contributed by atoms with E-state index in [1.807, 2.05) is 19.1 Å². The number of esters is 1. The number of carbonyl (C=O) groups excluding carboxylic acids is 2. The molecule has 0 saturated heterocycles. The molecule has 0 atom stereocenters. The highest BCUT2D eigenvalue weighted by Crippen LogP contribution is 2.23. The fourth-order valence-corrected chi connectivity index (χ4v) is 2.35. The first-order chi connectivity index (χ1) is 14.0. The van der Waals surface area contributed by atoms with E-state index in [0.717, 1.165) is 5.75 Å². The monoisotopic (exact) mass is 403 g/mol. The molecule has 0 aliphatic heterocycles. The van der Waals surface area contributed by atoms with Crippen LogP contribution < -0.4 is 24.3 Å². The molecule has 0 radical (unpaired) electrons.